The molecule has 0 bridgehead atoms. The van der Waals surface area contributed by atoms with Gasteiger partial charge in [-0.1, -0.05) is 0 Å². The van der Waals surface area contributed by atoms with Crippen molar-refractivity contribution >= 4 is 21.9 Å². The first-order chi connectivity index (χ1) is 5.25. The standard InChI is InChI=1S/C6H7BrN2O2/c1-9-5(2-3-8-9)6(10)11-4-7/h2-3H,4H2,1H3. The Balaban J connectivity index is 2.76. The number of carbonyl (C=O) groups excluding carboxylic acids is 1. The molecule has 11 heavy (non-hydrogen) atoms. The Morgan fingerprint density at radius 2 is 2.64 bits per heavy atom. The molecule has 1 aromatic rings. The Morgan fingerprint density at radius 1 is 1.91 bits per heavy atom. The lowest BCUT2D eigenvalue weighted by Gasteiger charge is -1.99. The molecule has 0 amide bonds. The van der Waals surface area contributed by atoms with Gasteiger partial charge < -0.3 is 4.74 Å². The van der Waals surface area contributed by atoms with E-state index in [1.165, 1.54) is 4.68 Å². The zero-order valence-electron chi connectivity index (χ0n) is 5.95. The van der Waals surface area contributed by atoms with Crippen LogP contribution in [-0.4, -0.2) is 21.3 Å². The number of ether oxygens (including phenoxy) is 1. The molecule has 1 aromatic heterocycles. The third-order valence-corrected chi connectivity index (χ3v) is 1.44. The summed E-state index contributed by atoms with van der Waals surface area (Å²) in [7, 11) is 1.69. The molecule has 0 spiro atoms. The minimum atomic E-state index is -0.373. The molecule has 4 nitrogen and oxygen atoms in total. The van der Waals surface area contributed by atoms with Crippen LogP contribution in [0.3, 0.4) is 0 Å². The van der Waals surface area contributed by atoms with Crippen LogP contribution in [0.5, 0.6) is 0 Å². The van der Waals surface area contributed by atoms with Gasteiger partial charge in [-0.15, -0.1) is 0 Å². The minimum absolute atomic E-state index is 0.205. The van der Waals surface area contributed by atoms with Crippen molar-refractivity contribution in [2.45, 2.75) is 0 Å². The van der Waals surface area contributed by atoms with Crippen molar-refractivity contribution in [2.24, 2.45) is 7.05 Å². The second kappa shape index (κ2) is 3.52. The topological polar surface area (TPSA) is 44.1 Å². The highest BCUT2D eigenvalue weighted by molar-refractivity contribution is 9.09. The maximum absolute atomic E-state index is 11.0. The van der Waals surface area contributed by atoms with Gasteiger partial charge in [0.25, 0.3) is 0 Å². The van der Waals surface area contributed by atoms with E-state index in [9.17, 15) is 4.79 Å². The third-order valence-electron chi connectivity index (χ3n) is 1.22. The molecule has 0 fully saturated rings. The van der Waals surface area contributed by atoms with Crippen LogP contribution in [0.4, 0.5) is 0 Å². The molecule has 60 valence electrons. The lowest BCUT2D eigenvalue weighted by Crippen LogP contribution is -2.09. The monoisotopic (exact) mass is 218 g/mol. The van der Waals surface area contributed by atoms with Crippen LogP contribution in [0.25, 0.3) is 0 Å². The minimum Gasteiger partial charge on any atom is -0.449 e. The van der Waals surface area contributed by atoms with Crippen LogP contribution in [0, 0.1) is 0 Å². The first-order valence-electron chi connectivity index (χ1n) is 2.97. The van der Waals surface area contributed by atoms with Gasteiger partial charge in [-0.2, -0.15) is 5.10 Å². The first kappa shape index (κ1) is 8.26. The fraction of sp³-hybridized carbons (Fsp3) is 0.333. The van der Waals surface area contributed by atoms with Gasteiger partial charge in [0, 0.05) is 13.2 Å². The summed E-state index contributed by atoms with van der Waals surface area (Å²) >= 11 is 2.99. The summed E-state index contributed by atoms with van der Waals surface area (Å²) in [5.74, 6) is -0.373. The Kier molecular flexibility index (Phi) is 2.64. The fourth-order valence-electron chi connectivity index (χ4n) is 0.698. The van der Waals surface area contributed by atoms with E-state index < -0.39 is 0 Å². The van der Waals surface area contributed by atoms with Gasteiger partial charge in [-0.25, -0.2) is 4.79 Å². The molecule has 1 rings (SSSR count). The second-order valence-electron chi connectivity index (χ2n) is 1.88. The molecular weight excluding hydrogens is 212 g/mol. The average molecular weight is 219 g/mol. The van der Waals surface area contributed by atoms with Gasteiger partial charge in [0.15, 0.2) is 0 Å². The van der Waals surface area contributed by atoms with Crippen molar-refractivity contribution in [3.8, 4) is 0 Å². The van der Waals surface area contributed by atoms with Crippen molar-refractivity contribution < 1.29 is 9.53 Å². The van der Waals surface area contributed by atoms with Crippen LogP contribution in [0.1, 0.15) is 10.5 Å². The molecule has 0 aliphatic carbocycles. The Bertz CT molecular complexity index is 259. The number of rotatable bonds is 2. The van der Waals surface area contributed by atoms with Gasteiger partial charge in [0.1, 0.15) is 11.2 Å². The largest absolute Gasteiger partial charge is 0.449 e. The van der Waals surface area contributed by atoms with E-state index >= 15 is 0 Å². The van der Waals surface area contributed by atoms with Gasteiger partial charge >= 0.3 is 5.97 Å². The molecule has 0 aliphatic heterocycles. The number of halogens is 1. The van der Waals surface area contributed by atoms with Crippen molar-refractivity contribution in [3.63, 3.8) is 0 Å². The third kappa shape index (κ3) is 1.80. The smallest absolute Gasteiger partial charge is 0.357 e. The second-order valence-corrected chi connectivity index (χ2v) is 2.34. The van der Waals surface area contributed by atoms with Crippen LogP contribution in [-0.2, 0) is 11.8 Å². The number of hydrogen-bond donors (Lipinski definition) is 0. The molecule has 0 aliphatic rings. The van der Waals surface area contributed by atoms with Crippen LogP contribution in [0.2, 0.25) is 0 Å². The maximum Gasteiger partial charge on any atom is 0.357 e. The molecular formula is C6H7BrN2O2. The molecule has 0 radical (unpaired) electrons. The van der Waals surface area contributed by atoms with Crippen LogP contribution < -0.4 is 0 Å². The van der Waals surface area contributed by atoms with Crippen LogP contribution >= 0.6 is 15.9 Å². The lowest BCUT2D eigenvalue weighted by molar-refractivity contribution is 0.0571. The number of aromatic nitrogens is 2. The summed E-state index contributed by atoms with van der Waals surface area (Å²) in [6.07, 6.45) is 1.55. The number of nitrogens with zero attached hydrogens (tertiary/aromatic N) is 2. The highest BCUT2D eigenvalue weighted by Crippen LogP contribution is 1.99. The maximum atomic E-state index is 11.0. The zero-order valence-corrected chi connectivity index (χ0v) is 7.54. The van der Waals surface area contributed by atoms with Crippen molar-refractivity contribution in [3.05, 3.63) is 18.0 Å². The molecule has 0 unspecified atom stereocenters. The van der Waals surface area contributed by atoms with Gasteiger partial charge in [-0.05, 0) is 22.0 Å². The van der Waals surface area contributed by atoms with Crippen molar-refractivity contribution in [1.29, 1.82) is 0 Å². The lowest BCUT2D eigenvalue weighted by atomic mass is 10.4. The number of hydrogen-bond acceptors (Lipinski definition) is 3. The Hall–Kier alpha value is -0.840. The number of alkyl halides is 1. The number of esters is 1. The van der Waals surface area contributed by atoms with Gasteiger partial charge in [0.2, 0.25) is 0 Å². The quantitative estimate of drug-likeness (QED) is 0.548. The summed E-state index contributed by atoms with van der Waals surface area (Å²) in [6.45, 7) is 0. The van der Waals surface area contributed by atoms with Gasteiger partial charge in [0.05, 0.1) is 0 Å². The van der Waals surface area contributed by atoms with Crippen molar-refractivity contribution in [1.82, 2.24) is 9.78 Å². The van der Waals surface area contributed by atoms with E-state index in [1.807, 2.05) is 0 Å². The zero-order chi connectivity index (χ0) is 8.27. The van der Waals surface area contributed by atoms with E-state index in [0.717, 1.165) is 0 Å². The highest BCUT2D eigenvalue weighted by atomic mass is 79.9. The summed E-state index contributed by atoms with van der Waals surface area (Å²) in [6, 6.07) is 1.60. The average Bonchev–Trinajstić information content (AvgIpc) is 2.36. The predicted molar refractivity (Wildman–Crippen MR) is 42.4 cm³/mol. The number of aryl methyl sites for hydroxylation is 1. The highest BCUT2D eigenvalue weighted by Gasteiger charge is 2.09. The van der Waals surface area contributed by atoms with Crippen LogP contribution in [0.15, 0.2) is 12.3 Å². The van der Waals surface area contributed by atoms with E-state index in [-0.39, 0.29) is 11.5 Å². The van der Waals surface area contributed by atoms with E-state index in [1.54, 1.807) is 19.3 Å². The van der Waals surface area contributed by atoms with E-state index in [4.69, 9.17) is 0 Å². The molecule has 0 aromatic carbocycles. The first-order valence-corrected chi connectivity index (χ1v) is 4.09. The molecule has 0 atom stereocenters. The summed E-state index contributed by atoms with van der Waals surface area (Å²) in [4.78, 5) is 11.0. The normalized spacial score (nSPS) is 9.64. The van der Waals surface area contributed by atoms with E-state index in [0.29, 0.717) is 5.69 Å². The van der Waals surface area contributed by atoms with Crippen molar-refractivity contribution in [2.75, 3.05) is 5.52 Å². The predicted octanol–water partition coefficient (Wildman–Crippen LogP) is 0.929. The summed E-state index contributed by atoms with van der Waals surface area (Å²) in [5, 5.41) is 3.82. The molecule has 0 saturated carbocycles. The fourth-order valence-corrected chi connectivity index (χ4v) is 0.906. The van der Waals surface area contributed by atoms with E-state index in [2.05, 4.69) is 25.8 Å². The molecule has 0 N–H and O–H groups in total. The summed E-state index contributed by atoms with van der Waals surface area (Å²) < 4.78 is 6.15. The summed E-state index contributed by atoms with van der Waals surface area (Å²) in [5.41, 5.74) is 0.654. The SMILES string of the molecule is Cn1nccc1C(=O)OCBr. The Morgan fingerprint density at radius 3 is 3.09 bits per heavy atom. The van der Waals surface area contributed by atoms with Gasteiger partial charge in [-0.3, -0.25) is 4.68 Å². The molecule has 1 heterocycles. The number of carbonyl (C=O) groups is 1. The molecule has 0 saturated heterocycles. The Labute approximate surface area is 72.3 Å². The molecule has 5 heteroatoms.